The van der Waals surface area contributed by atoms with E-state index in [4.69, 9.17) is 10.5 Å². The highest BCUT2D eigenvalue weighted by atomic mass is 16.5. The van der Waals surface area contributed by atoms with Crippen LogP contribution in [0.25, 0.3) is 0 Å². The van der Waals surface area contributed by atoms with Gasteiger partial charge in [0, 0.05) is 13.1 Å². The van der Waals surface area contributed by atoms with Gasteiger partial charge in [-0.2, -0.15) is 15.0 Å². The molecule has 6 nitrogen and oxygen atoms in total. The molecule has 0 aliphatic carbocycles. The molecule has 1 aromatic heterocycles. The van der Waals surface area contributed by atoms with Crippen LogP contribution >= 0.6 is 0 Å². The Labute approximate surface area is 83.1 Å². The number of rotatable bonds is 3. The van der Waals surface area contributed by atoms with Crippen LogP contribution in [-0.4, -0.2) is 35.2 Å². The third-order valence-corrected chi connectivity index (χ3v) is 1.89. The first-order chi connectivity index (χ1) is 6.54. The Morgan fingerprint density at radius 1 is 1.29 bits per heavy atom. The number of ether oxygens (including phenoxy) is 1. The van der Waals surface area contributed by atoms with E-state index in [0.29, 0.717) is 12.0 Å². The Hall–Kier alpha value is -1.59. The predicted octanol–water partition coefficient (Wildman–Crippen LogP) is 0.307. The van der Waals surface area contributed by atoms with Gasteiger partial charge in [0.05, 0.1) is 7.11 Å². The lowest BCUT2D eigenvalue weighted by Crippen LogP contribution is -2.28. The van der Waals surface area contributed by atoms with Crippen LogP contribution in [-0.2, 0) is 0 Å². The molecule has 2 N–H and O–H groups in total. The quantitative estimate of drug-likeness (QED) is 0.751. The third-order valence-electron chi connectivity index (χ3n) is 1.89. The first-order valence-electron chi connectivity index (χ1n) is 4.33. The van der Waals surface area contributed by atoms with Gasteiger partial charge < -0.3 is 15.4 Å². The highest BCUT2D eigenvalue weighted by Gasteiger charge is 2.11. The topological polar surface area (TPSA) is 77.2 Å². The van der Waals surface area contributed by atoms with Crippen LogP contribution in [0.3, 0.4) is 0 Å². The first-order valence-corrected chi connectivity index (χ1v) is 4.33. The van der Waals surface area contributed by atoms with E-state index in [-0.39, 0.29) is 12.0 Å². The lowest BCUT2D eigenvalue weighted by atomic mass is 10.4. The van der Waals surface area contributed by atoms with Crippen molar-refractivity contribution in [2.75, 3.05) is 24.8 Å². The minimum absolute atomic E-state index is 0.166. The van der Waals surface area contributed by atoms with Gasteiger partial charge in [0.2, 0.25) is 11.9 Å². The fourth-order valence-electron chi connectivity index (χ4n) is 0.841. The predicted molar refractivity (Wildman–Crippen MR) is 54.3 cm³/mol. The zero-order valence-electron chi connectivity index (χ0n) is 8.85. The summed E-state index contributed by atoms with van der Waals surface area (Å²) in [5, 5.41) is 0. The molecule has 0 saturated carbocycles. The summed E-state index contributed by atoms with van der Waals surface area (Å²) >= 11 is 0. The van der Waals surface area contributed by atoms with E-state index in [1.165, 1.54) is 7.11 Å². The van der Waals surface area contributed by atoms with Gasteiger partial charge in [-0.1, -0.05) is 0 Å². The van der Waals surface area contributed by atoms with E-state index in [2.05, 4.69) is 15.0 Å². The standard InChI is InChI=1S/C8H15N5O/c1-5(2)13(3)7-10-6(9)11-8(12-7)14-4/h5H,1-4H3,(H2,9,10,11,12). The molecule has 0 radical (unpaired) electrons. The maximum Gasteiger partial charge on any atom is 0.322 e. The van der Waals surface area contributed by atoms with Crippen LogP contribution in [0.15, 0.2) is 0 Å². The number of nitrogens with two attached hydrogens (primary N) is 1. The molecule has 0 bridgehead atoms. The Bertz CT molecular complexity index is 315. The molecule has 0 aromatic carbocycles. The summed E-state index contributed by atoms with van der Waals surface area (Å²) in [6.45, 7) is 4.07. The molecule has 0 saturated heterocycles. The number of hydrogen-bond donors (Lipinski definition) is 1. The van der Waals surface area contributed by atoms with Crippen LogP contribution in [0.4, 0.5) is 11.9 Å². The van der Waals surface area contributed by atoms with Crippen molar-refractivity contribution in [1.82, 2.24) is 15.0 Å². The van der Waals surface area contributed by atoms with Crippen molar-refractivity contribution in [3.63, 3.8) is 0 Å². The lowest BCUT2D eigenvalue weighted by molar-refractivity contribution is 0.379. The van der Waals surface area contributed by atoms with E-state index in [0.717, 1.165) is 0 Å². The van der Waals surface area contributed by atoms with Gasteiger partial charge >= 0.3 is 6.01 Å². The molecule has 1 aromatic rings. The van der Waals surface area contributed by atoms with Crippen molar-refractivity contribution in [2.24, 2.45) is 0 Å². The lowest BCUT2D eigenvalue weighted by Gasteiger charge is -2.21. The normalized spacial score (nSPS) is 10.4. The number of aromatic nitrogens is 3. The second-order valence-corrected chi connectivity index (χ2v) is 3.18. The molecule has 1 heterocycles. The van der Waals surface area contributed by atoms with Crippen molar-refractivity contribution in [1.29, 1.82) is 0 Å². The Balaban J connectivity index is 3.02. The molecule has 0 unspecified atom stereocenters. The van der Waals surface area contributed by atoms with E-state index < -0.39 is 0 Å². The summed E-state index contributed by atoms with van der Waals surface area (Å²) in [6.07, 6.45) is 0. The van der Waals surface area contributed by atoms with E-state index in [1.807, 2.05) is 25.8 Å². The fourth-order valence-corrected chi connectivity index (χ4v) is 0.841. The first kappa shape index (κ1) is 10.5. The summed E-state index contributed by atoms with van der Waals surface area (Å²) in [5.41, 5.74) is 5.50. The molecule has 0 spiro atoms. The number of nitrogens with zero attached hydrogens (tertiary/aromatic N) is 4. The summed E-state index contributed by atoms with van der Waals surface area (Å²) < 4.78 is 4.90. The highest BCUT2D eigenvalue weighted by molar-refractivity contribution is 5.35. The molecule has 0 aliphatic heterocycles. The summed E-state index contributed by atoms with van der Waals surface area (Å²) in [5.74, 6) is 0.684. The molecule has 6 heteroatoms. The van der Waals surface area contributed by atoms with Gasteiger partial charge in [0.25, 0.3) is 0 Å². The second-order valence-electron chi connectivity index (χ2n) is 3.18. The number of methoxy groups -OCH3 is 1. The maximum absolute atomic E-state index is 5.50. The third kappa shape index (κ3) is 2.21. The average Bonchev–Trinajstić information content (AvgIpc) is 2.15. The van der Waals surface area contributed by atoms with Gasteiger partial charge in [-0.25, -0.2) is 0 Å². The van der Waals surface area contributed by atoms with Gasteiger partial charge in [-0.3, -0.25) is 0 Å². The van der Waals surface area contributed by atoms with Crippen molar-refractivity contribution in [3.8, 4) is 6.01 Å². The molecule has 0 amide bonds. The monoisotopic (exact) mass is 197 g/mol. The van der Waals surface area contributed by atoms with Gasteiger partial charge in [-0.05, 0) is 13.8 Å². The molecular weight excluding hydrogens is 182 g/mol. The minimum atomic E-state index is 0.166. The molecule has 1 rings (SSSR count). The fraction of sp³-hybridized carbons (Fsp3) is 0.625. The van der Waals surface area contributed by atoms with Crippen molar-refractivity contribution < 1.29 is 4.74 Å². The SMILES string of the molecule is COc1nc(N)nc(N(C)C(C)C)n1. The zero-order valence-corrected chi connectivity index (χ0v) is 8.85. The van der Waals surface area contributed by atoms with E-state index in [9.17, 15) is 0 Å². The van der Waals surface area contributed by atoms with E-state index >= 15 is 0 Å². The van der Waals surface area contributed by atoms with Gasteiger partial charge in [0.1, 0.15) is 0 Å². The van der Waals surface area contributed by atoms with Crippen LogP contribution in [0.1, 0.15) is 13.8 Å². The summed E-state index contributed by atoms with van der Waals surface area (Å²) in [4.78, 5) is 13.8. The second kappa shape index (κ2) is 4.08. The van der Waals surface area contributed by atoms with Crippen molar-refractivity contribution in [2.45, 2.75) is 19.9 Å². The van der Waals surface area contributed by atoms with Crippen LogP contribution in [0.5, 0.6) is 6.01 Å². The van der Waals surface area contributed by atoms with Gasteiger partial charge in [-0.15, -0.1) is 0 Å². The summed E-state index contributed by atoms with van der Waals surface area (Å²) in [6, 6.07) is 0.529. The molecule has 0 atom stereocenters. The number of hydrogen-bond acceptors (Lipinski definition) is 6. The highest BCUT2D eigenvalue weighted by Crippen LogP contribution is 2.13. The smallest absolute Gasteiger partial charge is 0.322 e. The number of anilines is 2. The van der Waals surface area contributed by atoms with Crippen LogP contribution in [0, 0.1) is 0 Å². The minimum Gasteiger partial charge on any atom is -0.467 e. The van der Waals surface area contributed by atoms with E-state index in [1.54, 1.807) is 0 Å². The van der Waals surface area contributed by atoms with Crippen molar-refractivity contribution in [3.05, 3.63) is 0 Å². The Morgan fingerprint density at radius 3 is 2.43 bits per heavy atom. The van der Waals surface area contributed by atoms with Gasteiger partial charge in [0.15, 0.2) is 0 Å². The molecule has 78 valence electrons. The largest absolute Gasteiger partial charge is 0.467 e. The molecule has 14 heavy (non-hydrogen) atoms. The molecular formula is C8H15N5O. The molecule has 0 fully saturated rings. The Kier molecular flexibility index (Phi) is 3.06. The number of nitrogen functional groups attached to an aromatic ring is 1. The maximum atomic E-state index is 5.50. The Morgan fingerprint density at radius 2 is 1.93 bits per heavy atom. The van der Waals surface area contributed by atoms with Crippen LogP contribution in [0.2, 0.25) is 0 Å². The zero-order chi connectivity index (χ0) is 10.7. The van der Waals surface area contributed by atoms with Crippen LogP contribution < -0.4 is 15.4 Å². The molecule has 0 aliphatic rings. The van der Waals surface area contributed by atoms with Crippen molar-refractivity contribution >= 4 is 11.9 Å². The summed E-state index contributed by atoms with van der Waals surface area (Å²) in [7, 11) is 3.38. The average molecular weight is 197 g/mol.